The van der Waals surface area contributed by atoms with E-state index in [4.69, 9.17) is 0 Å². The van der Waals surface area contributed by atoms with Gasteiger partial charge in [-0.3, -0.25) is 19.0 Å². The summed E-state index contributed by atoms with van der Waals surface area (Å²) in [7, 11) is -8.42. The third-order valence-corrected chi connectivity index (χ3v) is 13.8. The summed E-state index contributed by atoms with van der Waals surface area (Å²) in [4.78, 5) is 27.8. The molecule has 2 amide bonds. The van der Waals surface area contributed by atoms with E-state index in [0.717, 1.165) is 34.2 Å². The minimum Gasteiger partial charge on any atom is -0.395 e. The van der Waals surface area contributed by atoms with E-state index in [1.54, 1.807) is 12.1 Å². The number of carbonyl (C=O) groups excluding carboxylic acids is 2. The maximum atomic E-state index is 14.1. The zero-order chi connectivity index (χ0) is 49.3. The Morgan fingerprint density at radius 3 is 1.28 bits per heavy atom. The van der Waals surface area contributed by atoms with Gasteiger partial charge in [-0.25, -0.2) is 8.78 Å². The lowest BCUT2D eigenvalue weighted by Crippen LogP contribution is -2.33. The number of aliphatic hydroxyl groups is 2. The molecule has 68 heavy (non-hydrogen) atoms. The number of rotatable bonds is 14. The fourth-order valence-electron chi connectivity index (χ4n) is 7.29. The van der Waals surface area contributed by atoms with Gasteiger partial charge in [0.15, 0.2) is 0 Å². The van der Waals surface area contributed by atoms with Gasteiger partial charge < -0.3 is 20.0 Å². The molecule has 0 saturated carbocycles. The summed E-state index contributed by atoms with van der Waals surface area (Å²) >= 11 is 0. The highest BCUT2D eigenvalue weighted by atomic mass is 32.2. The van der Waals surface area contributed by atoms with Crippen molar-refractivity contribution in [2.45, 2.75) is 86.1 Å². The molecule has 0 aliphatic carbocycles. The van der Waals surface area contributed by atoms with Crippen LogP contribution in [0.25, 0.3) is 0 Å². The molecular weight excluding hydrogens is 965 g/mol. The maximum Gasteiger partial charge on any atom is 0.390 e. The molecule has 2 aliphatic heterocycles. The molecule has 6 aromatic rings. The van der Waals surface area contributed by atoms with E-state index < -0.39 is 107 Å². The molecule has 364 valence electrons. The second-order valence-electron chi connectivity index (χ2n) is 15.5. The van der Waals surface area contributed by atoms with Crippen LogP contribution in [-0.4, -0.2) is 112 Å². The van der Waals surface area contributed by atoms with Gasteiger partial charge in [-0.15, -0.1) is 0 Å². The number of carbonyl (C=O) groups is 2. The highest BCUT2D eigenvalue weighted by Crippen LogP contribution is 2.31. The Morgan fingerprint density at radius 2 is 0.956 bits per heavy atom. The fourth-order valence-corrected chi connectivity index (χ4v) is 9.53. The largest absolute Gasteiger partial charge is 0.395 e. The Kier molecular flexibility index (Phi) is 14.0. The molecule has 0 fully saturated rings. The summed E-state index contributed by atoms with van der Waals surface area (Å²) in [6.07, 6.45) is -4.84. The zero-order valence-electron chi connectivity index (χ0n) is 35.0. The lowest BCUT2D eigenvalue weighted by Gasteiger charge is -2.22. The van der Waals surface area contributed by atoms with Crippen molar-refractivity contribution in [3.8, 4) is 0 Å². The van der Waals surface area contributed by atoms with Gasteiger partial charge in [0, 0.05) is 73.2 Å². The number of hydrogen-bond donors (Lipinski definition) is 2. The number of fused-ring (bicyclic) bond motifs is 2. The van der Waals surface area contributed by atoms with Crippen molar-refractivity contribution < 1.29 is 71.8 Å². The lowest BCUT2D eigenvalue weighted by atomic mass is 9.98. The summed E-state index contributed by atoms with van der Waals surface area (Å²) < 4.78 is 157. The third kappa shape index (κ3) is 10.8. The van der Waals surface area contributed by atoms with Crippen molar-refractivity contribution in [2.75, 3.05) is 13.2 Å². The molecule has 2 atom stereocenters. The minimum absolute atomic E-state index is 0.000512. The summed E-state index contributed by atoms with van der Waals surface area (Å²) in [6.45, 7) is -2.38. The summed E-state index contributed by atoms with van der Waals surface area (Å²) in [5, 5.41) is 34.7. The van der Waals surface area contributed by atoms with Crippen molar-refractivity contribution in [1.82, 2.24) is 47.7 Å². The SMILES string of the molecule is O=C([C@@H](CO)c1ccccc1F)N1Cc2cn(S(=O)(=O)c3cnn(CCC(F)(F)F)c3)nc2C1.O=C([C@H](CO)c1ccccc1F)N1Cc2cn(S(=O)(=O)c3cnn(CCC(F)(F)F)c3)nc2C1. The molecule has 28 heteroatoms. The maximum absolute atomic E-state index is 14.1. The van der Waals surface area contributed by atoms with E-state index >= 15 is 0 Å². The number of aryl methyl sites for hydroxylation is 2. The number of amides is 2. The van der Waals surface area contributed by atoms with E-state index in [9.17, 15) is 71.8 Å². The van der Waals surface area contributed by atoms with Crippen molar-refractivity contribution in [2.24, 2.45) is 0 Å². The van der Waals surface area contributed by atoms with E-state index in [0.29, 0.717) is 30.7 Å². The number of nitrogens with zero attached hydrogens (tertiary/aromatic N) is 10. The molecule has 8 rings (SSSR count). The van der Waals surface area contributed by atoms with Crippen LogP contribution in [-0.2, 0) is 68.9 Å². The van der Waals surface area contributed by atoms with Crippen LogP contribution < -0.4 is 0 Å². The molecule has 0 bridgehead atoms. The highest BCUT2D eigenvalue weighted by Gasteiger charge is 2.37. The molecule has 2 aliphatic rings. The predicted molar refractivity (Wildman–Crippen MR) is 216 cm³/mol. The van der Waals surface area contributed by atoms with Crippen LogP contribution in [0.3, 0.4) is 0 Å². The van der Waals surface area contributed by atoms with Crippen LogP contribution in [0, 0.1) is 11.6 Å². The van der Waals surface area contributed by atoms with Crippen LogP contribution in [0.1, 0.15) is 58.3 Å². The number of benzene rings is 2. The quantitative estimate of drug-likeness (QED) is 0.148. The molecule has 0 unspecified atom stereocenters. The van der Waals surface area contributed by atoms with Gasteiger partial charge in [-0.1, -0.05) is 36.4 Å². The van der Waals surface area contributed by atoms with Gasteiger partial charge in [0.25, 0.3) is 20.0 Å². The van der Waals surface area contributed by atoms with Crippen LogP contribution in [0.5, 0.6) is 0 Å². The summed E-state index contributed by atoms with van der Waals surface area (Å²) in [6, 6.07) is 11.2. The van der Waals surface area contributed by atoms with Gasteiger partial charge >= 0.3 is 12.4 Å². The molecule has 6 heterocycles. The van der Waals surface area contributed by atoms with Crippen molar-refractivity contribution in [3.63, 3.8) is 0 Å². The molecule has 4 aromatic heterocycles. The van der Waals surface area contributed by atoms with Gasteiger partial charge in [0.05, 0.1) is 74.8 Å². The monoisotopic (exact) mass is 1000 g/mol. The zero-order valence-corrected chi connectivity index (χ0v) is 36.6. The van der Waals surface area contributed by atoms with Crippen molar-refractivity contribution in [3.05, 3.63) is 131 Å². The molecule has 0 saturated heterocycles. The van der Waals surface area contributed by atoms with E-state index in [1.165, 1.54) is 58.6 Å². The predicted octanol–water partition coefficient (Wildman–Crippen LogP) is 4.05. The second-order valence-corrected chi connectivity index (χ2v) is 19.1. The van der Waals surface area contributed by atoms with Crippen molar-refractivity contribution in [1.29, 1.82) is 0 Å². The van der Waals surface area contributed by atoms with Crippen LogP contribution >= 0.6 is 0 Å². The normalized spacial score (nSPS) is 14.9. The third-order valence-electron chi connectivity index (χ3n) is 10.8. The first-order chi connectivity index (χ1) is 32.0. The lowest BCUT2D eigenvalue weighted by molar-refractivity contribution is -0.138. The van der Waals surface area contributed by atoms with E-state index in [1.807, 2.05) is 0 Å². The first-order valence-electron chi connectivity index (χ1n) is 20.1. The van der Waals surface area contributed by atoms with Gasteiger partial charge in [0.1, 0.15) is 21.4 Å². The molecule has 18 nitrogen and oxygen atoms in total. The number of alkyl halides is 6. The standard InChI is InChI=1S/2C20H19F4N5O4S/c2*21-17-4-2-1-3-15(17)16(12-30)19(31)27-8-13-9-29(26-18(13)11-27)34(32,33)14-7-25-28(10-14)6-5-20(22,23)24/h2*1-4,7,9-10,16,30H,5-6,8,11-12H2/t2*16-/m10/s1. The van der Waals surface area contributed by atoms with Gasteiger partial charge in [-0.2, -0.15) is 71.7 Å². The first-order valence-corrected chi connectivity index (χ1v) is 23.0. The number of aliphatic hydroxyl groups excluding tert-OH is 2. The summed E-state index contributed by atoms with van der Waals surface area (Å²) in [5.41, 5.74) is 1.57. The highest BCUT2D eigenvalue weighted by molar-refractivity contribution is 7.90. The smallest absolute Gasteiger partial charge is 0.390 e. The number of aromatic nitrogens is 8. The minimum atomic E-state index is -4.40. The Morgan fingerprint density at radius 1 is 0.588 bits per heavy atom. The number of hydrogen-bond acceptors (Lipinski definition) is 12. The molecule has 0 radical (unpaired) electrons. The Hall–Kier alpha value is -6.52. The van der Waals surface area contributed by atoms with Crippen molar-refractivity contribution >= 4 is 31.9 Å². The Balaban J connectivity index is 0.000000201. The molecule has 0 spiro atoms. The average Bonchev–Trinajstić information content (AvgIpc) is 4.13. The Labute approximate surface area is 380 Å². The second kappa shape index (κ2) is 19.2. The van der Waals surface area contributed by atoms with Gasteiger partial charge in [0.2, 0.25) is 11.8 Å². The van der Waals surface area contributed by atoms with Gasteiger partial charge in [-0.05, 0) is 12.1 Å². The van der Waals surface area contributed by atoms with Crippen LogP contribution in [0.15, 0.2) is 95.5 Å². The van der Waals surface area contributed by atoms with E-state index in [-0.39, 0.29) is 47.1 Å². The molecule has 2 aromatic carbocycles. The number of halogens is 8. The van der Waals surface area contributed by atoms with E-state index in [2.05, 4.69) is 20.4 Å². The molecular formula is C40H38F8N10O8S2. The van der Waals surface area contributed by atoms with Crippen LogP contribution in [0.2, 0.25) is 0 Å². The molecule has 2 N–H and O–H groups in total. The fraction of sp³-hybridized carbons (Fsp3) is 0.350. The Bertz CT molecular complexity index is 2790. The first kappa shape index (κ1) is 49.4. The summed E-state index contributed by atoms with van der Waals surface area (Å²) in [5.74, 6) is -4.57. The van der Waals surface area contributed by atoms with Crippen LogP contribution in [0.4, 0.5) is 35.1 Å². The average molecular weight is 1000 g/mol. The topological polar surface area (TPSA) is 221 Å².